The number of methoxy groups -OCH3 is 2. The molecule has 0 aliphatic heterocycles. The molecule has 1 heterocycles. The Morgan fingerprint density at radius 2 is 1.86 bits per heavy atom. The minimum absolute atomic E-state index is 0. The van der Waals surface area contributed by atoms with E-state index in [-0.39, 0.29) is 24.0 Å². The van der Waals surface area contributed by atoms with Gasteiger partial charge in [-0.05, 0) is 42.7 Å². The summed E-state index contributed by atoms with van der Waals surface area (Å²) >= 11 is 0. The second-order valence-corrected chi connectivity index (χ2v) is 6.20. The fourth-order valence-electron chi connectivity index (χ4n) is 2.79. The van der Waals surface area contributed by atoms with Crippen molar-refractivity contribution in [3.63, 3.8) is 0 Å². The molecule has 0 aliphatic carbocycles. The minimum atomic E-state index is 0. The number of pyridine rings is 1. The monoisotopic (exact) mass is 514 g/mol. The molecule has 29 heavy (non-hydrogen) atoms. The average molecular weight is 514 g/mol. The van der Waals surface area contributed by atoms with Crippen molar-refractivity contribution < 1.29 is 14.2 Å². The highest BCUT2D eigenvalue weighted by molar-refractivity contribution is 14.0. The number of rotatable bonds is 9. The van der Waals surface area contributed by atoms with Crippen LogP contribution in [0.4, 0.5) is 0 Å². The Kier molecular flexibility index (Phi) is 11.2. The van der Waals surface area contributed by atoms with Crippen molar-refractivity contribution in [3.8, 4) is 17.4 Å². The molecule has 1 N–H and O–H groups in total. The zero-order chi connectivity index (χ0) is 20.4. The topological polar surface area (TPSA) is 68.2 Å². The van der Waals surface area contributed by atoms with E-state index in [2.05, 4.69) is 26.3 Å². The Balaban J connectivity index is 0.00000420. The zero-order valence-corrected chi connectivity index (χ0v) is 20.1. The van der Waals surface area contributed by atoms with Gasteiger partial charge in [-0.15, -0.1) is 24.0 Å². The van der Waals surface area contributed by atoms with Crippen molar-refractivity contribution in [3.05, 3.63) is 47.7 Å². The molecule has 0 saturated carbocycles. The van der Waals surface area contributed by atoms with Crippen LogP contribution < -0.4 is 19.5 Å². The van der Waals surface area contributed by atoms with Gasteiger partial charge in [-0.25, -0.2) is 4.98 Å². The Morgan fingerprint density at radius 3 is 2.52 bits per heavy atom. The molecule has 0 spiro atoms. The van der Waals surface area contributed by atoms with Gasteiger partial charge < -0.3 is 24.4 Å². The summed E-state index contributed by atoms with van der Waals surface area (Å²) in [5.74, 6) is 2.95. The summed E-state index contributed by atoms with van der Waals surface area (Å²) in [6.45, 7) is 4.01. The quantitative estimate of drug-likeness (QED) is 0.315. The third-order valence-corrected chi connectivity index (χ3v) is 4.30. The van der Waals surface area contributed by atoms with Crippen molar-refractivity contribution in [2.75, 3.05) is 41.5 Å². The van der Waals surface area contributed by atoms with Gasteiger partial charge >= 0.3 is 0 Å². The smallest absolute Gasteiger partial charge is 0.213 e. The van der Waals surface area contributed by atoms with Crippen LogP contribution in [0.5, 0.6) is 17.4 Å². The van der Waals surface area contributed by atoms with Crippen molar-refractivity contribution in [1.82, 2.24) is 15.2 Å². The SMILES string of the molecule is CCOc1cc(CNC(=NC)N(C)CCc2ccc(OC)c(OC)c2)ccn1.I. The Hall–Kier alpha value is -2.23. The average Bonchev–Trinajstić information content (AvgIpc) is 2.73. The highest BCUT2D eigenvalue weighted by Crippen LogP contribution is 2.27. The van der Waals surface area contributed by atoms with Gasteiger partial charge in [0.25, 0.3) is 0 Å². The number of guanidine groups is 1. The Labute approximate surface area is 190 Å². The number of likely N-dealkylation sites (N-methyl/N-ethyl adjacent to an activating group) is 1. The lowest BCUT2D eigenvalue weighted by Crippen LogP contribution is -2.39. The molecule has 2 aromatic rings. The number of hydrogen-bond acceptors (Lipinski definition) is 5. The van der Waals surface area contributed by atoms with E-state index < -0.39 is 0 Å². The van der Waals surface area contributed by atoms with Gasteiger partial charge in [0, 0.05) is 39.4 Å². The Bertz CT molecular complexity index is 786. The lowest BCUT2D eigenvalue weighted by molar-refractivity contribution is 0.326. The summed E-state index contributed by atoms with van der Waals surface area (Å²) in [6.07, 6.45) is 2.62. The maximum Gasteiger partial charge on any atom is 0.213 e. The number of nitrogens with one attached hydrogen (secondary N) is 1. The number of halogens is 1. The maximum absolute atomic E-state index is 5.45. The number of benzene rings is 1. The lowest BCUT2D eigenvalue weighted by Gasteiger charge is -2.22. The summed E-state index contributed by atoms with van der Waals surface area (Å²) in [7, 11) is 7.10. The number of ether oxygens (including phenoxy) is 3. The number of nitrogens with zero attached hydrogens (tertiary/aromatic N) is 3. The molecular formula is C21H31IN4O3. The van der Waals surface area contributed by atoms with Crippen LogP contribution in [-0.2, 0) is 13.0 Å². The van der Waals surface area contributed by atoms with E-state index in [4.69, 9.17) is 14.2 Å². The molecule has 0 saturated heterocycles. The third kappa shape index (κ3) is 7.60. The van der Waals surface area contributed by atoms with Crippen molar-refractivity contribution in [1.29, 1.82) is 0 Å². The summed E-state index contributed by atoms with van der Waals surface area (Å²) in [6, 6.07) is 9.90. The zero-order valence-electron chi connectivity index (χ0n) is 17.8. The van der Waals surface area contributed by atoms with E-state index in [9.17, 15) is 0 Å². The predicted molar refractivity (Wildman–Crippen MR) is 127 cm³/mol. The van der Waals surface area contributed by atoms with Crippen LogP contribution in [-0.4, -0.2) is 57.3 Å². The summed E-state index contributed by atoms with van der Waals surface area (Å²) in [5.41, 5.74) is 2.27. The second kappa shape index (κ2) is 13.1. The first-order valence-electron chi connectivity index (χ1n) is 9.31. The van der Waals surface area contributed by atoms with Crippen LogP contribution in [0.15, 0.2) is 41.5 Å². The van der Waals surface area contributed by atoms with Crippen molar-refractivity contribution in [2.45, 2.75) is 19.9 Å². The van der Waals surface area contributed by atoms with Gasteiger partial charge in [-0.3, -0.25) is 4.99 Å². The van der Waals surface area contributed by atoms with E-state index in [1.54, 1.807) is 27.5 Å². The first-order valence-corrected chi connectivity index (χ1v) is 9.31. The fourth-order valence-corrected chi connectivity index (χ4v) is 2.79. The van der Waals surface area contributed by atoms with E-state index in [1.807, 2.05) is 38.2 Å². The number of hydrogen-bond donors (Lipinski definition) is 1. The van der Waals surface area contributed by atoms with Crippen LogP contribution in [0.2, 0.25) is 0 Å². The summed E-state index contributed by atoms with van der Waals surface area (Å²) in [4.78, 5) is 10.7. The van der Waals surface area contributed by atoms with Crippen LogP contribution in [0.3, 0.4) is 0 Å². The minimum Gasteiger partial charge on any atom is -0.493 e. The van der Waals surface area contributed by atoms with Gasteiger partial charge in [-0.1, -0.05) is 6.07 Å². The van der Waals surface area contributed by atoms with Gasteiger partial charge in [0.05, 0.1) is 20.8 Å². The summed E-state index contributed by atoms with van der Waals surface area (Å²) in [5, 5.41) is 3.38. The van der Waals surface area contributed by atoms with Gasteiger partial charge in [-0.2, -0.15) is 0 Å². The molecular weight excluding hydrogens is 483 g/mol. The Morgan fingerprint density at radius 1 is 1.10 bits per heavy atom. The third-order valence-electron chi connectivity index (χ3n) is 4.30. The second-order valence-electron chi connectivity index (χ2n) is 6.20. The van der Waals surface area contributed by atoms with Crippen molar-refractivity contribution >= 4 is 29.9 Å². The molecule has 160 valence electrons. The van der Waals surface area contributed by atoms with Crippen LogP contribution in [0.25, 0.3) is 0 Å². The number of aromatic nitrogens is 1. The molecule has 7 nitrogen and oxygen atoms in total. The normalized spacial score (nSPS) is 10.7. The van der Waals surface area contributed by atoms with E-state index in [1.165, 1.54) is 5.56 Å². The van der Waals surface area contributed by atoms with Gasteiger partial charge in [0.2, 0.25) is 5.88 Å². The van der Waals surface area contributed by atoms with Gasteiger partial charge in [0.15, 0.2) is 17.5 Å². The lowest BCUT2D eigenvalue weighted by atomic mass is 10.1. The first kappa shape index (κ1) is 24.8. The van der Waals surface area contributed by atoms with Crippen LogP contribution in [0, 0.1) is 0 Å². The highest BCUT2D eigenvalue weighted by atomic mass is 127. The van der Waals surface area contributed by atoms with Gasteiger partial charge in [0.1, 0.15) is 0 Å². The molecule has 0 fully saturated rings. The number of aliphatic imine (C=N–C) groups is 1. The standard InChI is InChI=1S/C21H30N4O3.HI/c1-6-28-20-14-17(9-11-23-20)15-24-21(22-2)25(3)12-10-16-7-8-18(26-4)19(13-16)27-5;/h7-9,11,13-14H,6,10,12,15H2,1-5H3,(H,22,24);1H. The van der Waals surface area contributed by atoms with E-state index >= 15 is 0 Å². The predicted octanol–water partition coefficient (Wildman–Crippen LogP) is 3.37. The molecule has 2 rings (SSSR count). The first-order chi connectivity index (χ1) is 13.6. The molecule has 1 aromatic heterocycles. The maximum atomic E-state index is 5.45. The summed E-state index contributed by atoms with van der Waals surface area (Å²) < 4.78 is 16.1. The molecule has 0 amide bonds. The molecule has 8 heteroatoms. The van der Waals surface area contributed by atoms with Crippen molar-refractivity contribution in [2.24, 2.45) is 4.99 Å². The molecule has 0 unspecified atom stereocenters. The molecule has 0 radical (unpaired) electrons. The molecule has 0 atom stereocenters. The molecule has 0 aliphatic rings. The molecule has 1 aromatic carbocycles. The highest BCUT2D eigenvalue weighted by Gasteiger charge is 2.09. The molecule has 0 bridgehead atoms. The van der Waals surface area contributed by atoms with E-state index in [0.717, 1.165) is 36.0 Å². The van der Waals surface area contributed by atoms with Crippen LogP contribution in [0.1, 0.15) is 18.1 Å². The van der Waals surface area contributed by atoms with E-state index in [0.29, 0.717) is 19.0 Å². The largest absolute Gasteiger partial charge is 0.493 e. The van der Waals surface area contributed by atoms with Crippen LogP contribution >= 0.6 is 24.0 Å². The fraction of sp³-hybridized carbons (Fsp3) is 0.429.